The Labute approximate surface area is 122 Å². The first kappa shape index (κ1) is 17.2. The van der Waals surface area contributed by atoms with Gasteiger partial charge in [0.1, 0.15) is 6.26 Å². The number of carbonyl (C=O) groups excluding carboxylic acids is 2. The van der Waals surface area contributed by atoms with Crippen LogP contribution in [0.25, 0.3) is 0 Å². The van der Waals surface area contributed by atoms with Gasteiger partial charge in [0.05, 0.1) is 18.3 Å². The van der Waals surface area contributed by atoms with Crippen molar-refractivity contribution in [3.05, 3.63) is 17.8 Å². The van der Waals surface area contributed by atoms with E-state index in [2.05, 4.69) is 9.72 Å². The van der Waals surface area contributed by atoms with Crippen molar-refractivity contribution < 1.29 is 27.2 Å². The maximum absolute atomic E-state index is 11.9. The summed E-state index contributed by atoms with van der Waals surface area (Å²) in [5.74, 6) is -1.85. The van der Waals surface area contributed by atoms with E-state index >= 15 is 0 Å². The van der Waals surface area contributed by atoms with Gasteiger partial charge in [-0.15, -0.1) is 0 Å². The molecule has 0 aliphatic rings. The third-order valence-electron chi connectivity index (χ3n) is 2.62. The van der Waals surface area contributed by atoms with Crippen LogP contribution in [0.15, 0.2) is 10.7 Å². The van der Waals surface area contributed by atoms with Gasteiger partial charge in [-0.3, -0.25) is 9.59 Å². The van der Waals surface area contributed by atoms with Crippen molar-refractivity contribution >= 4 is 21.9 Å². The van der Waals surface area contributed by atoms with E-state index in [1.165, 1.54) is 13.8 Å². The van der Waals surface area contributed by atoms with Gasteiger partial charge in [-0.05, 0) is 13.8 Å². The second-order valence-corrected chi connectivity index (χ2v) is 6.77. The minimum atomic E-state index is -4.02. The van der Waals surface area contributed by atoms with E-state index in [4.69, 9.17) is 4.42 Å². The Balaban J connectivity index is 2.81. The lowest BCUT2D eigenvalue weighted by atomic mass is 9.97. The first-order valence-corrected chi connectivity index (χ1v) is 7.84. The van der Waals surface area contributed by atoms with Gasteiger partial charge in [0.25, 0.3) is 5.91 Å². The minimum Gasteiger partial charge on any atom is -0.469 e. The molecule has 1 amide bonds. The number of carbonyl (C=O) groups is 2. The smallest absolute Gasteiger partial charge is 0.312 e. The number of aryl methyl sites for hydroxylation is 1. The van der Waals surface area contributed by atoms with Crippen LogP contribution in [-0.4, -0.2) is 38.1 Å². The summed E-state index contributed by atoms with van der Waals surface area (Å²) in [5.41, 5.74) is -1.41. The zero-order valence-corrected chi connectivity index (χ0v) is 13.1. The second kappa shape index (κ2) is 6.25. The van der Waals surface area contributed by atoms with E-state index in [9.17, 15) is 18.0 Å². The summed E-state index contributed by atoms with van der Waals surface area (Å²) >= 11 is 0. The molecular weight excluding hydrogens is 300 g/mol. The molecule has 0 unspecified atom stereocenters. The van der Waals surface area contributed by atoms with Crippen LogP contribution in [0, 0.1) is 5.41 Å². The van der Waals surface area contributed by atoms with Crippen molar-refractivity contribution in [2.75, 3.05) is 12.9 Å². The van der Waals surface area contributed by atoms with Crippen LogP contribution in [-0.2, 0) is 26.0 Å². The van der Waals surface area contributed by atoms with E-state index in [-0.39, 0.29) is 5.69 Å². The highest BCUT2D eigenvalue weighted by Crippen LogP contribution is 2.19. The van der Waals surface area contributed by atoms with Crippen molar-refractivity contribution in [3.8, 4) is 0 Å². The van der Waals surface area contributed by atoms with Crippen molar-refractivity contribution in [2.24, 2.45) is 5.41 Å². The molecule has 0 bridgehead atoms. The number of esters is 1. The fourth-order valence-electron chi connectivity index (χ4n) is 1.62. The van der Waals surface area contributed by atoms with E-state index in [1.54, 1.807) is 6.92 Å². The van der Waals surface area contributed by atoms with Gasteiger partial charge in [-0.25, -0.2) is 18.1 Å². The van der Waals surface area contributed by atoms with Crippen LogP contribution in [0.4, 0.5) is 0 Å². The normalized spacial score (nSPS) is 12.0. The first-order chi connectivity index (χ1) is 9.61. The number of ether oxygens (including phenoxy) is 1. The van der Waals surface area contributed by atoms with E-state index in [0.29, 0.717) is 12.3 Å². The van der Waals surface area contributed by atoms with Crippen LogP contribution in [0.2, 0.25) is 0 Å². The van der Waals surface area contributed by atoms with Crippen LogP contribution in [0.1, 0.15) is 37.2 Å². The molecule has 9 heteroatoms. The molecule has 0 radical (unpaired) electrons. The van der Waals surface area contributed by atoms with E-state index in [0.717, 1.165) is 13.4 Å². The van der Waals surface area contributed by atoms with Gasteiger partial charge in [-0.2, -0.15) is 0 Å². The van der Waals surface area contributed by atoms with Crippen LogP contribution < -0.4 is 4.72 Å². The highest BCUT2D eigenvalue weighted by molar-refractivity contribution is 7.90. The zero-order valence-electron chi connectivity index (χ0n) is 12.3. The van der Waals surface area contributed by atoms with E-state index < -0.39 is 33.1 Å². The van der Waals surface area contributed by atoms with Crippen LogP contribution in [0.3, 0.4) is 0 Å². The van der Waals surface area contributed by atoms with Gasteiger partial charge >= 0.3 is 5.97 Å². The van der Waals surface area contributed by atoms with Gasteiger partial charge in [0.15, 0.2) is 11.6 Å². The van der Waals surface area contributed by atoms with Crippen molar-refractivity contribution in [2.45, 2.75) is 27.2 Å². The molecule has 1 aromatic heterocycles. The number of methoxy groups -OCH3 is 1. The maximum atomic E-state index is 11.9. The third kappa shape index (κ3) is 4.55. The molecule has 0 spiro atoms. The maximum Gasteiger partial charge on any atom is 0.312 e. The molecule has 8 nitrogen and oxygen atoms in total. The predicted octanol–water partition coefficient (Wildman–Crippen LogP) is 0.496. The van der Waals surface area contributed by atoms with E-state index in [1.807, 2.05) is 4.72 Å². The van der Waals surface area contributed by atoms with Gasteiger partial charge in [0.2, 0.25) is 10.0 Å². The van der Waals surface area contributed by atoms with Gasteiger partial charge in [0, 0.05) is 6.42 Å². The quantitative estimate of drug-likeness (QED) is 0.759. The fourth-order valence-corrected chi connectivity index (χ4v) is 3.14. The fraction of sp³-hybridized carbons (Fsp3) is 0.583. The number of rotatable bonds is 6. The summed E-state index contributed by atoms with van der Waals surface area (Å²) in [6, 6.07) is 0. The van der Waals surface area contributed by atoms with Gasteiger partial charge < -0.3 is 9.15 Å². The number of nitrogens with zero attached hydrogens (tertiary/aromatic N) is 1. The summed E-state index contributed by atoms with van der Waals surface area (Å²) in [6.45, 7) is 4.60. The average molecular weight is 318 g/mol. The molecule has 0 atom stereocenters. The Morgan fingerprint density at radius 3 is 2.52 bits per heavy atom. The van der Waals surface area contributed by atoms with Crippen LogP contribution >= 0.6 is 0 Å². The molecule has 1 heterocycles. The first-order valence-electron chi connectivity index (χ1n) is 6.19. The summed E-state index contributed by atoms with van der Waals surface area (Å²) in [5, 5.41) is 0. The third-order valence-corrected chi connectivity index (χ3v) is 4.22. The predicted molar refractivity (Wildman–Crippen MR) is 72.9 cm³/mol. The molecule has 0 aromatic carbocycles. The molecule has 1 N–H and O–H groups in total. The van der Waals surface area contributed by atoms with Crippen LogP contribution in [0.5, 0.6) is 0 Å². The summed E-state index contributed by atoms with van der Waals surface area (Å²) in [6.07, 6.45) is 1.56. The lowest BCUT2D eigenvalue weighted by Crippen LogP contribution is -2.41. The SMILES string of the molecule is CCc1nc(C(=O)NS(=O)(=O)CC(C)(C)C(=O)OC)co1. The number of oxazole rings is 1. The standard InChI is InChI=1S/C12H18N2O6S/c1-5-9-13-8(6-20-9)10(15)14-21(17,18)7-12(2,3)11(16)19-4/h6H,5,7H2,1-4H3,(H,14,15). The Hall–Kier alpha value is -1.90. The lowest BCUT2D eigenvalue weighted by Gasteiger charge is -2.20. The monoisotopic (exact) mass is 318 g/mol. The number of hydrogen-bond acceptors (Lipinski definition) is 7. The van der Waals surface area contributed by atoms with Gasteiger partial charge in [-0.1, -0.05) is 6.92 Å². The number of nitrogens with one attached hydrogen (secondary N) is 1. The molecule has 0 aliphatic heterocycles. The summed E-state index contributed by atoms with van der Waals surface area (Å²) < 4.78 is 35.2. The molecular formula is C12H18N2O6S. The number of amides is 1. The Morgan fingerprint density at radius 2 is 2.05 bits per heavy atom. The lowest BCUT2D eigenvalue weighted by molar-refractivity contribution is -0.149. The molecule has 0 saturated heterocycles. The molecule has 21 heavy (non-hydrogen) atoms. The molecule has 0 saturated carbocycles. The number of sulfonamides is 1. The molecule has 0 aliphatic carbocycles. The Morgan fingerprint density at radius 1 is 1.43 bits per heavy atom. The minimum absolute atomic E-state index is 0.133. The van der Waals surface area contributed by atoms with Crippen molar-refractivity contribution in [1.82, 2.24) is 9.71 Å². The number of aromatic nitrogens is 1. The van der Waals surface area contributed by atoms with Crippen molar-refractivity contribution in [3.63, 3.8) is 0 Å². The molecule has 1 aromatic rings. The largest absolute Gasteiger partial charge is 0.469 e. The Bertz CT molecular complexity index is 632. The second-order valence-electron chi connectivity index (χ2n) is 5.05. The number of hydrogen-bond donors (Lipinski definition) is 1. The van der Waals surface area contributed by atoms with Crippen molar-refractivity contribution in [1.29, 1.82) is 0 Å². The highest BCUT2D eigenvalue weighted by atomic mass is 32.2. The zero-order chi connectivity index (χ0) is 16.3. The molecule has 118 valence electrons. The Kier molecular flexibility index (Phi) is 5.10. The molecule has 1 rings (SSSR count). The summed E-state index contributed by atoms with van der Waals surface area (Å²) in [7, 11) is -2.86. The topological polar surface area (TPSA) is 116 Å². The molecule has 0 fully saturated rings. The highest BCUT2D eigenvalue weighted by Gasteiger charge is 2.35. The summed E-state index contributed by atoms with van der Waals surface area (Å²) in [4.78, 5) is 27.1. The average Bonchev–Trinajstić information content (AvgIpc) is 2.84.